The Morgan fingerprint density at radius 2 is 1.71 bits per heavy atom. The number of rotatable bonds is 5. The second-order valence-electron chi connectivity index (χ2n) is 5.28. The number of anilines is 1. The van der Waals surface area contributed by atoms with Gasteiger partial charge in [-0.2, -0.15) is 5.10 Å². The van der Waals surface area contributed by atoms with Crippen LogP contribution >= 0.6 is 0 Å². The van der Waals surface area contributed by atoms with Crippen LogP contribution in [0.1, 0.15) is 33.2 Å². The summed E-state index contributed by atoms with van der Waals surface area (Å²) in [5.41, 5.74) is 1.98. The van der Waals surface area contributed by atoms with Crippen LogP contribution in [-0.2, 0) is 6.54 Å². The van der Waals surface area contributed by atoms with Crippen LogP contribution in [0.4, 0.5) is 5.69 Å². The number of para-hydroxylation sites is 1. The predicted molar refractivity (Wildman–Crippen MR) is 92.2 cm³/mol. The SMILES string of the molecule is CCn1cc(C(=O)Nc2ccccc2C(=O)c2ccccc2)cn1. The van der Waals surface area contributed by atoms with Gasteiger partial charge in [-0.15, -0.1) is 0 Å². The van der Waals surface area contributed by atoms with Crippen molar-refractivity contribution in [3.8, 4) is 0 Å². The summed E-state index contributed by atoms with van der Waals surface area (Å²) < 4.78 is 1.68. The molecule has 1 aromatic heterocycles. The largest absolute Gasteiger partial charge is 0.321 e. The molecule has 0 radical (unpaired) electrons. The topological polar surface area (TPSA) is 64.0 Å². The van der Waals surface area contributed by atoms with Gasteiger partial charge >= 0.3 is 0 Å². The monoisotopic (exact) mass is 319 g/mol. The fourth-order valence-corrected chi connectivity index (χ4v) is 2.38. The zero-order valence-electron chi connectivity index (χ0n) is 13.3. The van der Waals surface area contributed by atoms with Gasteiger partial charge in [-0.1, -0.05) is 42.5 Å². The highest BCUT2D eigenvalue weighted by Gasteiger charge is 2.16. The molecule has 0 bridgehead atoms. The van der Waals surface area contributed by atoms with Crippen LogP contribution in [-0.4, -0.2) is 21.5 Å². The third kappa shape index (κ3) is 3.25. The summed E-state index contributed by atoms with van der Waals surface area (Å²) in [6.45, 7) is 2.64. The smallest absolute Gasteiger partial charge is 0.258 e. The molecular weight excluding hydrogens is 302 g/mol. The number of hydrogen-bond acceptors (Lipinski definition) is 3. The maximum atomic E-state index is 12.7. The molecule has 0 spiro atoms. The van der Waals surface area contributed by atoms with Gasteiger partial charge in [-0.3, -0.25) is 14.3 Å². The quantitative estimate of drug-likeness (QED) is 0.733. The van der Waals surface area contributed by atoms with Crippen molar-refractivity contribution in [1.29, 1.82) is 0 Å². The number of amides is 1. The van der Waals surface area contributed by atoms with Crippen molar-refractivity contribution >= 4 is 17.4 Å². The summed E-state index contributed by atoms with van der Waals surface area (Å²) in [6, 6.07) is 16.0. The number of hydrogen-bond donors (Lipinski definition) is 1. The van der Waals surface area contributed by atoms with Gasteiger partial charge in [0.05, 0.1) is 17.4 Å². The van der Waals surface area contributed by atoms with Gasteiger partial charge in [0.2, 0.25) is 0 Å². The van der Waals surface area contributed by atoms with Gasteiger partial charge in [-0.05, 0) is 19.1 Å². The van der Waals surface area contributed by atoms with Crippen molar-refractivity contribution in [1.82, 2.24) is 9.78 Å². The van der Waals surface area contributed by atoms with E-state index < -0.39 is 0 Å². The first-order chi connectivity index (χ1) is 11.7. The first-order valence-corrected chi connectivity index (χ1v) is 7.71. The van der Waals surface area contributed by atoms with Crippen LogP contribution in [0, 0.1) is 0 Å². The normalized spacial score (nSPS) is 10.4. The average molecular weight is 319 g/mol. The molecule has 1 amide bonds. The van der Waals surface area contributed by atoms with Crippen molar-refractivity contribution in [2.45, 2.75) is 13.5 Å². The molecule has 3 rings (SSSR count). The van der Waals surface area contributed by atoms with Gasteiger partial charge in [-0.25, -0.2) is 0 Å². The van der Waals surface area contributed by atoms with Gasteiger partial charge in [0.25, 0.3) is 5.91 Å². The highest BCUT2D eigenvalue weighted by atomic mass is 16.2. The Kier molecular flexibility index (Phi) is 4.52. The minimum atomic E-state index is -0.289. The van der Waals surface area contributed by atoms with Crippen LogP contribution in [0.25, 0.3) is 0 Å². The van der Waals surface area contributed by atoms with E-state index in [9.17, 15) is 9.59 Å². The molecule has 0 aliphatic carbocycles. The molecule has 0 aliphatic rings. The summed E-state index contributed by atoms with van der Waals surface area (Å²) in [7, 11) is 0. The molecule has 1 heterocycles. The molecule has 3 aromatic rings. The molecule has 0 atom stereocenters. The highest BCUT2D eigenvalue weighted by molar-refractivity contribution is 6.15. The second-order valence-corrected chi connectivity index (χ2v) is 5.28. The van der Waals surface area contributed by atoms with Crippen LogP contribution in [0.3, 0.4) is 0 Å². The summed E-state index contributed by atoms with van der Waals surface area (Å²) in [5, 5.41) is 6.89. The lowest BCUT2D eigenvalue weighted by Crippen LogP contribution is -2.14. The summed E-state index contributed by atoms with van der Waals surface area (Å²) >= 11 is 0. The van der Waals surface area contributed by atoms with E-state index in [1.165, 1.54) is 6.20 Å². The lowest BCUT2D eigenvalue weighted by molar-refractivity contribution is 0.102. The van der Waals surface area contributed by atoms with E-state index in [1.807, 2.05) is 25.1 Å². The van der Waals surface area contributed by atoms with E-state index in [0.29, 0.717) is 28.9 Å². The first kappa shape index (κ1) is 15.7. The lowest BCUT2D eigenvalue weighted by atomic mass is 10.0. The molecule has 0 saturated heterocycles. The highest BCUT2D eigenvalue weighted by Crippen LogP contribution is 2.20. The van der Waals surface area contributed by atoms with E-state index in [-0.39, 0.29) is 11.7 Å². The van der Waals surface area contributed by atoms with Crippen molar-refractivity contribution in [2.24, 2.45) is 0 Å². The number of nitrogens with one attached hydrogen (secondary N) is 1. The zero-order valence-corrected chi connectivity index (χ0v) is 13.3. The van der Waals surface area contributed by atoms with Gasteiger partial charge in [0, 0.05) is 23.9 Å². The van der Waals surface area contributed by atoms with Crippen molar-refractivity contribution in [2.75, 3.05) is 5.32 Å². The lowest BCUT2D eigenvalue weighted by Gasteiger charge is -2.09. The van der Waals surface area contributed by atoms with Crippen molar-refractivity contribution < 1.29 is 9.59 Å². The number of aromatic nitrogens is 2. The standard InChI is InChI=1S/C19H17N3O2/c1-2-22-13-15(12-20-22)19(24)21-17-11-7-6-10-16(17)18(23)14-8-4-3-5-9-14/h3-13H,2H2,1H3,(H,21,24). The maximum Gasteiger partial charge on any atom is 0.258 e. The van der Waals surface area contributed by atoms with E-state index in [4.69, 9.17) is 0 Å². The molecule has 5 heteroatoms. The van der Waals surface area contributed by atoms with E-state index in [0.717, 1.165) is 0 Å². The van der Waals surface area contributed by atoms with Gasteiger partial charge in [0.15, 0.2) is 5.78 Å². The third-order valence-electron chi connectivity index (χ3n) is 3.68. The molecule has 0 aliphatic heterocycles. The van der Waals surface area contributed by atoms with Crippen molar-refractivity contribution in [3.05, 3.63) is 83.7 Å². The van der Waals surface area contributed by atoms with Crippen molar-refractivity contribution in [3.63, 3.8) is 0 Å². The predicted octanol–water partition coefficient (Wildman–Crippen LogP) is 3.39. The molecule has 1 N–H and O–H groups in total. The molecule has 120 valence electrons. The second kappa shape index (κ2) is 6.91. The fourth-order valence-electron chi connectivity index (χ4n) is 2.38. The maximum absolute atomic E-state index is 12.7. The minimum Gasteiger partial charge on any atom is -0.321 e. The zero-order chi connectivity index (χ0) is 16.9. The van der Waals surface area contributed by atoms with Crippen LogP contribution in [0.5, 0.6) is 0 Å². The fraction of sp³-hybridized carbons (Fsp3) is 0.105. The number of carbonyl (C=O) groups excluding carboxylic acids is 2. The molecule has 0 unspecified atom stereocenters. The number of nitrogens with zero attached hydrogens (tertiary/aromatic N) is 2. The molecule has 0 fully saturated rings. The Morgan fingerprint density at radius 3 is 2.42 bits per heavy atom. The number of aryl methyl sites for hydroxylation is 1. The molecule has 5 nitrogen and oxygen atoms in total. The van der Waals surface area contributed by atoms with Crippen LogP contribution < -0.4 is 5.32 Å². The molecule has 24 heavy (non-hydrogen) atoms. The Hall–Kier alpha value is -3.21. The van der Waals surface area contributed by atoms with Gasteiger partial charge in [0.1, 0.15) is 0 Å². The molecule has 2 aromatic carbocycles. The Balaban J connectivity index is 1.87. The van der Waals surface area contributed by atoms with Gasteiger partial charge < -0.3 is 5.32 Å². The Labute approximate surface area is 139 Å². The summed E-state index contributed by atoms with van der Waals surface area (Å²) in [6.07, 6.45) is 3.19. The number of ketones is 1. The van der Waals surface area contributed by atoms with E-state index >= 15 is 0 Å². The van der Waals surface area contributed by atoms with Crippen LogP contribution in [0.15, 0.2) is 67.0 Å². The average Bonchev–Trinajstić information content (AvgIpc) is 3.12. The third-order valence-corrected chi connectivity index (χ3v) is 3.68. The first-order valence-electron chi connectivity index (χ1n) is 7.71. The molecule has 0 saturated carbocycles. The van der Waals surface area contributed by atoms with E-state index in [1.54, 1.807) is 47.3 Å². The summed E-state index contributed by atoms with van der Waals surface area (Å²) in [5.74, 6) is -0.418. The van der Waals surface area contributed by atoms with Crippen LogP contribution in [0.2, 0.25) is 0 Å². The van der Waals surface area contributed by atoms with E-state index in [2.05, 4.69) is 10.4 Å². The summed E-state index contributed by atoms with van der Waals surface area (Å²) in [4.78, 5) is 25.0. The number of benzene rings is 2. The molecular formula is C19H17N3O2. The Morgan fingerprint density at radius 1 is 1.00 bits per heavy atom. The Bertz CT molecular complexity index is 869. The number of carbonyl (C=O) groups is 2. The minimum absolute atomic E-state index is 0.129.